The summed E-state index contributed by atoms with van der Waals surface area (Å²) in [5.74, 6) is -0.247. The molecule has 2 aromatic heterocycles. The molecule has 2 aromatic carbocycles. The number of hydrogen-bond donors (Lipinski definition) is 2. The molecule has 6 heteroatoms. The van der Waals surface area contributed by atoms with Crippen LogP contribution in [-0.2, 0) is 4.79 Å². The number of H-pyrrole nitrogens is 1. The van der Waals surface area contributed by atoms with Gasteiger partial charge in [0.05, 0.1) is 23.5 Å². The first-order chi connectivity index (χ1) is 15.6. The quantitative estimate of drug-likeness (QED) is 0.492. The molecule has 32 heavy (non-hydrogen) atoms. The van der Waals surface area contributed by atoms with E-state index >= 15 is 0 Å². The second kappa shape index (κ2) is 8.15. The largest absolute Gasteiger partial charge is 0.354 e. The van der Waals surface area contributed by atoms with Gasteiger partial charge in [0.2, 0.25) is 0 Å². The van der Waals surface area contributed by atoms with Crippen molar-refractivity contribution in [2.75, 3.05) is 0 Å². The molecule has 5 rings (SSSR count). The Labute approximate surface area is 185 Å². The highest BCUT2D eigenvalue weighted by Crippen LogP contribution is 2.26. The zero-order chi connectivity index (χ0) is 22.1. The highest BCUT2D eigenvalue weighted by Gasteiger charge is 2.20. The molecule has 0 radical (unpaired) electrons. The summed E-state index contributed by atoms with van der Waals surface area (Å²) in [6, 6.07) is 19.8. The van der Waals surface area contributed by atoms with Crippen LogP contribution >= 0.6 is 0 Å². The summed E-state index contributed by atoms with van der Waals surface area (Å²) in [5, 5.41) is 8.31. The Hall–Kier alpha value is -4.19. The normalized spacial score (nSPS) is 14.7. The Morgan fingerprint density at radius 1 is 1.12 bits per heavy atom. The van der Waals surface area contributed by atoms with E-state index in [-0.39, 0.29) is 24.2 Å². The van der Waals surface area contributed by atoms with Crippen LogP contribution in [0.1, 0.15) is 41.0 Å². The van der Waals surface area contributed by atoms with Crippen LogP contribution in [0.25, 0.3) is 16.5 Å². The summed E-state index contributed by atoms with van der Waals surface area (Å²) in [4.78, 5) is 28.6. The van der Waals surface area contributed by atoms with Gasteiger partial charge < -0.3 is 10.3 Å². The molecular weight excluding hydrogens is 400 g/mol. The van der Waals surface area contributed by atoms with Gasteiger partial charge in [0, 0.05) is 34.8 Å². The summed E-state index contributed by atoms with van der Waals surface area (Å²) < 4.78 is 1.77. The number of carbonyl (C=O) groups is 2. The van der Waals surface area contributed by atoms with Crippen molar-refractivity contribution in [3.63, 3.8) is 0 Å². The molecule has 0 spiro atoms. The van der Waals surface area contributed by atoms with E-state index in [4.69, 9.17) is 0 Å². The number of nitrogens with one attached hydrogen (secondary N) is 2. The van der Waals surface area contributed by atoms with E-state index in [1.165, 1.54) is 0 Å². The molecule has 158 valence electrons. The van der Waals surface area contributed by atoms with Crippen molar-refractivity contribution < 1.29 is 9.59 Å². The van der Waals surface area contributed by atoms with E-state index in [0.717, 1.165) is 22.2 Å². The minimum atomic E-state index is -0.260. The number of fused-ring (bicyclic) bond motifs is 1. The second-order valence-corrected chi connectivity index (χ2v) is 7.86. The smallest absolute Gasteiger partial charge is 0.258 e. The summed E-state index contributed by atoms with van der Waals surface area (Å²) in [7, 11) is 0. The van der Waals surface area contributed by atoms with E-state index in [9.17, 15) is 9.59 Å². The molecule has 0 saturated heterocycles. The number of ketones is 1. The van der Waals surface area contributed by atoms with Crippen molar-refractivity contribution in [2.24, 2.45) is 0 Å². The van der Waals surface area contributed by atoms with Crippen LogP contribution in [0.4, 0.5) is 0 Å². The SMILES string of the molecule is CC(c1ccccc1)n1cc(C(=O)NC2=CCC(=O)C(c3cc4ccccc4[nH]3)=C2)cn1. The minimum absolute atomic E-state index is 0.0118. The first-order valence-corrected chi connectivity index (χ1v) is 10.5. The topological polar surface area (TPSA) is 79.8 Å². The van der Waals surface area contributed by atoms with Gasteiger partial charge >= 0.3 is 0 Å². The standard InChI is InChI=1S/C26H22N4O2/c1-17(18-7-3-2-4-8-18)30-16-20(15-27-30)26(32)28-21-11-12-25(31)22(14-21)24-13-19-9-5-6-10-23(19)29-24/h2-11,13-17,29H,12H2,1H3,(H,28,32). The van der Waals surface area contributed by atoms with E-state index in [2.05, 4.69) is 15.4 Å². The van der Waals surface area contributed by atoms with Crippen LogP contribution in [0, 0.1) is 0 Å². The van der Waals surface area contributed by atoms with E-state index < -0.39 is 0 Å². The van der Waals surface area contributed by atoms with E-state index in [0.29, 0.717) is 16.8 Å². The Balaban J connectivity index is 1.34. The van der Waals surface area contributed by atoms with Crippen molar-refractivity contribution in [3.8, 4) is 0 Å². The number of benzene rings is 2. The first kappa shape index (κ1) is 19.8. The van der Waals surface area contributed by atoms with Crippen LogP contribution < -0.4 is 5.32 Å². The van der Waals surface area contributed by atoms with Gasteiger partial charge in [-0.3, -0.25) is 14.3 Å². The van der Waals surface area contributed by atoms with Gasteiger partial charge in [0.15, 0.2) is 5.78 Å². The molecular formula is C26H22N4O2. The van der Waals surface area contributed by atoms with Gasteiger partial charge in [0.25, 0.3) is 5.91 Å². The molecule has 0 bridgehead atoms. The molecule has 1 unspecified atom stereocenters. The van der Waals surface area contributed by atoms with Crippen LogP contribution in [0.2, 0.25) is 0 Å². The third kappa shape index (κ3) is 3.78. The molecule has 6 nitrogen and oxygen atoms in total. The van der Waals surface area contributed by atoms with Crippen molar-refractivity contribution in [2.45, 2.75) is 19.4 Å². The van der Waals surface area contributed by atoms with Gasteiger partial charge in [-0.05, 0) is 30.7 Å². The fraction of sp³-hybridized carbons (Fsp3) is 0.115. The maximum atomic E-state index is 12.8. The lowest BCUT2D eigenvalue weighted by Gasteiger charge is -2.13. The predicted molar refractivity (Wildman–Crippen MR) is 124 cm³/mol. The fourth-order valence-corrected chi connectivity index (χ4v) is 3.90. The van der Waals surface area contributed by atoms with E-state index in [1.54, 1.807) is 29.2 Å². The summed E-state index contributed by atoms with van der Waals surface area (Å²) >= 11 is 0. The zero-order valence-corrected chi connectivity index (χ0v) is 17.6. The van der Waals surface area contributed by atoms with Crippen molar-refractivity contribution in [3.05, 3.63) is 108 Å². The number of aromatic amines is 1. The summed E-state index contributed by atoms with van der Waals surface area (Å²) in [5.41, 5.74) is 4.46. The van der Waals surface area contributed by atoms with Gasteiger partial charge in [-0.25, -0.2) is 0 Å². The highest BCUT2D eigenvalue weighted by molar-refractivity contribution is 6.23. The average Bonchev–Trinajstić information content (AvgIpc) is 3.48. The molecule has 1 amide bonds. The van der Waals surface area contributed by atoms with Gasteiger partial charge in [-0.2, -0.15) is 5.10 Å². The number of hydrogen-bond acceptors (Lipinski definition) is 3. The van der Waals surface area contributed by atoms with Crippen LogP contribution in [0.3, 0.4) is 0 Å². The van der Waals surface area contributed by atoms with E-state index in [1.807, 2.05) is 67.6 Å². The number of carbonyl (C=O) groups excluding carboxylic acids is 2. The van der Waals surface area contributed by atoms with Gasteiger partial charge in [-0.15, -0.1) is 0 Å². The third-order valence-corrected chi connectivity index (χ3v) is 5.73. The number of amides is 1. The lowest BCUT2D eigenvalue weighted by molar-refractivity contribution is -0.113. The maximum Gasteiger partial charge on any atom is 0.258 e. The zero-order valence-electron chi connectivity index (χ0n) is 17.6. The second-order valence-electron chi connectivity index (χ2n) is 7.86. The highest BCUT2D eigenvalue weighted by atomic mass is 16.1. The molecule has 4 aromatic rings. The molecule has 0 aliphatic heterocycles. The van der Waals surface area contributed by atoms with Crippen LogP contribution in [-0.4, -0.2) is 26.5 Å². The van der Waals surface area contributed by atoms with Crippen molar-refractivity contribution in [1.29, 1.82) is 0 Å². The average molecular weight is 422 g/mol. The Kier molecular flexibility index (Phi) is 5.03. The Morgan fingerprint density at radius 2 is 1.91 bits per heavy atom. The van der Waals surface area contributed by atoms with Gasteiger partial charge in [0.1, 0.15) is 0 Å². The maximum absolute atomic E-state index is 12.8. The number of allylic oxidation sites excluding steroid dienone is 3. The molecule has 0 fully saturated rings. The number of Topliss-reactive ketones (excluding diaryl/α,β-unsaturated/α-hetero) is 1. The number of nitrogens with zero attached hydrogens (tertiary/aromatic N) is 2. The molecule has 0 saturated carbocycles. The molecule has 2 N–H and O–H groups in total. The number of para-hydroxylation sites is 1. The minimum Gasteiger partial charge on any atom is -0.354 e. The summed E-state index contributed by atoms with van der Waals surface area (Å²) in [6.07, 6.45) is 7.01. The fourth-order valence-electron chi connectivity index (χ4n) is 3.90. The number of rotatable bonds is 5. The molecule has 1 aliphatic rings. The lowest BCUT2D eigenvalue weighted by atomic mass is 9.98. The lowest BCUT2D eigenvalue weighted by Crippen LogP contribution is -2.23. The van der Waals surface area contributed by atoms with Crippen molar-refractivity contribution in [1.82, 2.24) is 20.1 Å². The third-order valence-electron chi connectivity index (χ3n) is 5.73. The molecule has 2 heterocycles. The predicted octanol–water partition coefficient (Wildman–Crippen LogP) is 4.64. The first-order valence-electron chi connectivity index (χ1n) is 10.5. The molecule has 1 atom stereocenters. The Morgan fingerprint density at radius 3 is 2.72 bits per heavy atom. The summed E-state index contributed by atoms with van der Waals surface area (Å²) in [6.45, 7) is 2.04. The Bertz CT molecular complexity index is 1340. The van der Waals surface area contributed by atoms with Crippen LogP contribution in [0.15, 0.2) is 90.9 Å². The van der Waals surface area contributed by atoms with Crippen LogP contribution in [0.5, 0.6) is 0 Å². The van der Waals surface area contributed by atoms with Crippen molar-refractivity contribution >= 4 is 28.2 Å². The molecule has 1 aliphatic carbocycles. The number of aromatic nitrogens is 3. The monoisotopic (exact) mass is 422 g/mol. The van der Waals surface area contributed by atoms with Gasteiger partial charge in [-0.1, -0.05) is 54.6 Å².